The van der Waals surface area contributed by atoms with Crippen LogP contribution in [-0.2, 0) is 6.42 Å². The van der Waals surface area contributed by atoms with Crippen LogP contribution in [0.3, 0.4) is 0 Å². The van der Waals surface area contributed by atoms with Crippen LogP contribution >= 0.6 is 0 Å². The maximum atomic E-state index is 10.0. The molecule has 2 rings (SSSR count). The van der Waals surface area contributed by atoms with Crippen LogP contribution in [0.2, 0.25) is 0 Å². The van der Waals surface area contributed by atoms with E-state index in [0.717, 1.165) is 43.6 Å². The number of ether oxygens (including phenoxy) is 1. The van der Waals surface area contributed by atoms with Crippen LogP contribution in [0.4, 0.5) is 0 Å². The Morgan fingerprint density at radius 3 is 2.80 bits per heavy atom. The van der Waals surface area contributed by atoms with E-state index in [0.29, 0.717) is 0 Å². The Morgan fingerprint density at radius 2 is 1.95 bits per heavy atom. The van der Waals surface area contributed by atoms with Crippen molar-refractivity contribution in [3.8, 4) is 5.75 Å². The molecular weight excluding hydrogens is 248 g/mol. The average Bonchev–Trinajstić information content (AvgIpc) is 2.47. The molecule has 1 aromatic carbocycles. The van der Waals surface area contributed by atoms with Crippen LogP contribution in [-0.4, -0.2) is 11.7 Å². The molecule has 1 aliphatic rings. The van der Waals surface area contributed by atoms with E-state index < -0.39 is 0 Å². The van der Waals surface area contributed by atoms with E-state index in [9.17, 15) is 5.11 Å². The Bertz CT molecular complexity index is 400. The van der Waals surface area contributed by atoms with Crippen LogP contribution in [0.5, 0.6) is 5.75 Å². The number of aliphatic hydroxyl groups is 1. The molecular formula is C18H28O2. The number of benzene rings is 1. The van der Waals surface area contributed by atoms with Gasteiger partial charge in [0.05, 0.1) is 12.7 Å². The maximum absolute atomic E-state index is 10.0. The Morgan fingerprint density at radius 1 is 1.15 bits per heavy atom. The van der Waals surface area contributed by atoms with Crippen molar-refractivity contribution in [2.45, 2.75) is 70.8 Å². The molecule has 0 heterocycles. The third kappa shape index (κ3) is 4.52. The smallest absolute Gasteiger partial charge is 0.119 e. The molecule has 0 aliphatic heterocycles. The summed E-state index contributed by atoms with van der Waals surface area (Å²) in [6, 6.07) is 6.21. The van der Waals surface area contributed by atoms with Crippen LogP contribution < -0.4 is 4.74 Å². The van der Waals surface area contributed by atoms with Crippen molar-refractivity contribution >= 4 is 0 Å². The lowest BCUT2D eigenvalue weighted by atomic mass is 9.89. The van der Waals surface area contributed by atoms with Gasteiger partial charge in [-0.05, 0) is 48.9 Å². The fourth-order valence-corrected chi connectivity index (χ4v) is 2.91. The molecule has 20 heavy (non-hydrogen) atoms. The van der Waals surface area contributed by atoms with E-state index in [-0.39, 0.29) is 6.10 Å². The molecule has 0 bridgehead atoms. The number of rotatable bonds is 8. The lowest BCUT2D eigenvalue weighted by molar-refractivity contribution is 0.156. The van der Waals surface area contributed by atoms with Gasteiger partial charge >= 0.3 is 0 Å². The minimum absolute atomic E-state index is 0.295. The molecule has 1 unspecified atom stereocenters. The Hall–Kier alpha value is -1.02. The Balaban J connectivity index is 1.72. The topological polar surface area (TPSA) is 29.5 Å². The van der Waals surface area contributed by atoms with Gasteiger partial charge in [-0.3, -0.25) is 0 Å². The maximum Gasteiger partial charge on any atom is 0.119 e. The number of aliphatic hydroxyl groups excluding tert-OH is 1. The highest BCUT2D eigenvalue weighted by molar-refractivity contribution is 5.38. The number of unbranched alkanes of at least 4 members (excludes halogenated alkanes) is 5. The molecule has 0 saturated heterocycles. The van der Waals surface area contributed by atoms with Crippen molar-refractivity contribution in [2.24, 2.45) is 0 Å². The highest BCUT2D eigenvalue weighted by Gasteiger charge is 2.18. The van der Waals surface area contributed by atoms with Gasteiger partial charge in [0.2, 0.25) is 0 Å². The lowest BCUT2D eigenvalue weighted by Crippen LogP contribution is -2.09. The summed E-state index contributed by atoms with van der Waals surface area (Å²) < 4.78 is 5.82. The zero-order chi connectivity index (χ0) is 14.2. The molecule has 0 saturated carbocycles. The molecule has 2 heteroatoms. The highest BCUT2D eigenvalue weighted by atomic mass is 16.5. The normalized spacial score (nSPS) is 17.8. The summed E-state index contributed by atoms with van der Waals surface area (Å²) in [4.78, 5) is 0. The van der Waals surface area contributed by atoms with Gasteiger partial charge in [-0.1, -0.05) is 45.1 Å². The van der Waals surface area contributed by atoms with Crippen molar-refractivity contribution in [3.05, 3.63) is 29.3 Å². The Labute approximate surface area is 123 Å². The molecule has 0 spiro atoms. The minimum Gasteiger partial charge on any atom is -0.494 e. The van der Waals surface area contributed by atoms with E-state index in [1.807, 2.05) is 12.1 Å². The van der Waals surface area contributed by atoms with Gasteiger partial charge in [0.1, 0.15) is 5.75 Å². The molecule has 0 fully saturated rings. The molecule has 0 amide bonds. The summed E-state index contributed by atoms with van der Waals surface area (Å²) in [7, 11) is 0. The van der Waals surface area contributed by atoms with Gasteiger partial charge in [-0.2, -0.15) is 0 Å². The van der Waals surface area contributed by atoms with E-state index in [1.54, 1.807) is 0 Å². The number of hydrogen-bond acceptors (Lipinski definition) is 2. The van der Waals surface area contributed by atoms with Gasteiger partial charge in [-0.15, -0.1) is 0 Å². The van der Waals surface area contributed by atoms with Gasteiger partial charge in [0.15, 0.2) is 0 Å². The van der Waals surface area contributed by atoms with Crippen LogP contribution in [0.1, 0.15) is 75.5 Å². The first-order valence-electron chi connectivity index (χ1n) is 8.25. The second kappa shape index (κ2) is 8.31. The second-order valence-corrected chi connectivity index (χ2v) is 5.88. The summed E-state index contributed by atoms with van der Waals surface area (Å²) in [5.41, 5.74) is 2.37. The highest BCUT2D eigenvalue weighted by Crippen LogP contribution is 2.32. The third-order valence-electron chi connectivity index (χ3n) is 4.17. The van der Waals surface area contributed by atoms with Crippen molar-refractivity contribution in [2.75, 3.05) is 6.61 Å². The summed E-state index contributed by atoms with van der Waals surface area (Å²) in [5, 5.41) is 10.0. The monoisotopic (exact) mass is 276 g/mol. The van der Waals surface area contributed by atoms with Gasteiger partial charge < -0.3 is 9.84 Å². The summed E-state index contributed by atoms with van der Waals surface area (Å²) in [6.07, 6.45) is 10.5. The van der Waals surface area contributed by atoms with Crippen molar-refractivity contribution in [3.63, 3.8) is 0 Å². The number of aryl methyl sites for hydroxylation is 1. The van der Waals surface area contributed by atoms with Crippen LogP contribution in [0.25, 0.3) is 0 Å². The summed E-state index contributed by atoms with van der Waals surface area (Å²) in [6.45, 7) is 3.04. The predicted molar refractivity (Wildman–Crippen MR) is 83.2 cm³/mol. The summed E-state index contributed by atoms with van der Waals surface area (Å²) in [5.74, 6) is 0.915. The zero-order valence-electron chi connectivity index (χ0n) is 12.7. The number of fused-ring (bicyclic) bond motifs is 1. The summed E-state index contributed by atoms with van der Waals surface area (Å²) >= 11 is 0. The predicted octanol–water partition coefficient (Wildman–Crippen LogP) is 4.80. The molecule has 0 radical (unpaired) electrons. The Kier molecular flexibility index (Phi) is 6.38. The number of hydrogen-bond donors (Lipinski definition) is 1. The average molecular weight is 276 g/mol. The van der Waals surface area contributed by atoms with Gasteiger partial charge in [0.25, 0.3) is 0 Å². The molecule has 2 nitrogen and oxygen atoms in total. The molecule has 1 atom stereocenters. The SMILES string of the molecule is CCCCCCCCOc1ccc2c(c1)C(O)CCC2. The molecule has 112 valence electrons. The van der Waals surface area contributed by atoms with Crippen molar-refractivity contribution in [1.82, 2.24) is 0 Å². The first-order chi connectivity index (χ1) is 9.81. The van der Waals surface area contributed by atoms with Gasteiger partial charge in [0, 0.05) is 0 Å². The van der Waals surface area contributed by atoms with E-state index in [4.69, 9.17) is 4.74 Å². The molecule has 1 aliphatic carbocycles. The lowest BCUT2D eigenvalue weighted by Gasteiger charge is -2.22. The van der Waals surface area contributed by atoms with Crippen LogP contribution in [0.15, 0.2) is 18.2 Å². The molecule has 1 aromatic rings. The first-order valence-corrected chi connectivity index (χ1v) is 8.25. The minimum atomic E-state index is -0.295. The van der Waals surface area contributed by atoms with Crippen molar-refractivity contribution in [1.29, 1.82) is 0 Å². The molecule has 0 aromatic heterocycles. The van der Waals surface area contributed by atoms with Gasteiger partial charge in [-0.25, -0.2) is 0 Å². The first kappa shape index (κ1) is 15.4. The van der Waals surface area contributed by atoms with E-state index >= 15 is 0 Å². The standard InChI is InChI=1S/C18H28O2/c1-2-3-4-5-6-7-13-20-16-12-11-15-9-8-10-18(19)17(15)14-16/h11-12,14,18-19H,2-10,13H2,1H3. The molecule has 1 N–H and O–H groups in total. The largest absolute Gasteiger partial charge is 0.494 e. The quantitative estimate of drug-likeness (QED) is 0.691. The second-order valence-electron chi connectivity index (χ2n) is 5.88. The van der Waals surface area contributed by atoms with Crippen molar-refractivity contribution < 1.29 is 9.84 Å². The van der Waals surface area contributed by atoms with E-state index in [2.05, 4.69) is 13.0 Å². The zero-order valence-corrected chi connectivity index (χ0v) is 12.7. The van der Waals surface area contributed by atoms with E-state index in [1.165, 1.54) is 37.7 Å². The fourth-order valence-electron chi connectivity index (χ4n) is 2.91. The third-order valence-corrected chi connectivity index (χ3v) is 4.17. The fraction of sp³-hybridized carbons (Fsp3) is 0.667. The van der Waals surface area contributed by atoms with Crippen LogP contribution in [0, 0.1) is 0 Å².